The zero-order valence-electron chi connectivity index (χ0n) is 17.7. The van der Waals surface area contributed by atoms with Gasteiger partial charge in [-0.05, 0) is 47.5 Å². The van der Waals surface area contributed by atoms with Crippen molar-refractivity contribution in [3.05, 3.63) is 108 Å². The molecule has 0 aliphatic heterocycles. The lowest BCUT2D eigenvalue weighted by Crippen LogP contribution is -2.31. The van der Waals surface area contributed by atoms with Gasteiger partial charge < -0.3 is 15.2 Å². The standard InChI is InChI=1S/C26H22FN3O3/c27-21-10-6-19(7-11-21)16-33-22-12-8-20(9-13-22)23-15-25(29-17-28-23)30-24(26(31)32)14-18-4-2-1-3-5-18/h1-13,15,17,24H,14,16H2,(H,31,32)(H,28,29,30). The molecule has 1 unspecified atom stereocenters. The molecule has 33 heavy (non-hydrogen) atoms. The van der Waals surface area contributed by atoms with E-state index in [-0.39, 0.29) is 5.82 Å². The van der Waals surface area contributed by atoms with Crippen molar-refractivity contribution in [3.63, 3.8) is 0 Å². The predicted octanol–water partition coefficient (Wildman–Crippen LogP) is 4.97. The number of ether oxygens (including phenoxy) is 1. The first-order chi connectivity index (χ1) is 16.1. The van der Waals surface area contributed by atoms with Gasteiger partial charge in [-0.25, -0.2) is 19.2 Å². The molecule has 0 aliphatic rings. The zero-order valence-corrected chi connectivity index (χ0v) is 17.7. The second-order valence-corrected chi connectivity index (χ2v) is 7.45. The Morgan fingerprint density at radius 3 is 2.36 bits per heavy atom. The van der Waals surface area contributed by atoms with Crippen molar-refractivity contribution in [2.45, 2.75) is 19.1 Å². The van der Waals surface area contributed by atoms with Crippen LogP contribution in [0.5, 0.6) is 5.75 Å². The van der Waals surface area contributed by atoms with Gasteiger partial charge in [0.15, 0.2) is 0 Å². The van der Waals surface area contributed by atoms with Crippen LogP contribution in [-0.2, 0) is 17.8 Å². The molecule has 0 bridgehead atoms. The van der Waals surface area contributed by atoms with E-state index in [9.17, 15) is 14.3 Å². The van der Waals surface area contributed by atoms with E-state index in [1.807, 2.05) is 54.6 Å². The van der Waals surface area contributed by atoms with Crippen LogP contribution in [-0.4, -0.2) is 27.1 Å². The molecule has 0 saturated carbocycles. The van der Waals surface area contributed by atoms with Crippen molar-refractivity contribution < 1.29 is 19.0 Å². The Balaban J connectivity index is 1.42. The molecule has 7 heteroatoms. The third-order valence-corrected chi connectivity index (χ3v) is 5.04. The number of rotatable bonds is 9. The van der Waals surface area contributed by atoms with Crippen molar-refractivity contribution in [2.75, 3.05) is 5.32 Å². The number of hydrogen-bond acceptors (Lipinski definition) is 5. The van der Waals surface area contributed by atoms with Crippen LogP contribution in [0.3, 0.4) is 0 Å². The maximum absolute atomic E-state index is 13.0. The number of anilines is 1. The smallest absolute Gasteiger partial charge is 0.326 e. The molecule has 0 fully saturated rings. The fourth-order valence-electron chi connectivity index (χ4n) is 3.29. The Labute approximate surface area is 190 Å². The van der Waals surface area contributed by atoms with E-state index in [0.29, 0.717) is 30.3 Å². The molecule has 0 amide bonds. The molecule has 1 heterocycles. The number of carboxylic acid groups (broad SMARTS) is 1. The number of carboxylic acids is 1. The van der Waals surface area contributed by atoms with Gasteiger partial charge in [0.2, 0.25) is 0 Å². The molecule has 3 aromatic carbocycles. The van der Waals surface area contributed by atoms with Crippen LogP contribution < -0.4 is 10.1 Å². The highest BCUT2D eigenvalue weighted by Gasteiger charge is 2.18. The van der Waals surface area contributed by atoms with Crippen molar-refractivity contribution in [1.82, 2.24) is 9.97 Å². The van der Waals surface area contributed by atoms with E-state index in [4.69, 9.17) is 4.74 Å². The molecule has 6 nitrogen and oxygen atoms in total. The predicted molar refractivity (Wildman–Crippen MR) is 123 cm³/mol. The summed E-state index contributed by atoms with van der Waals surface area (Å²) in [5, 5.41) is 12.6. The number of nitrogens with zero attached hydrogens (tertiary/aromatic N) is 2. The van der Waals surface area contributed by atoms with Crippen molar-refractivity contribution in [2.24, 2.45) is 0 Å². The van der Waals surface area contributed by atoms with Gasteiger partial charge in [-0.3, -0.25) is 0 Å². The Morgan fingerprint density at radius 1 is 0.939 bits per heavy atom. The van der Waals surface area contributed by atoms with Gasteiger partial charge in [0, 0.05) is 18.1 Å². The number of nitrogens with one attached hydrogen (secondary N) is 1. The summed E-state index contributed by atoms with van der Waals surface area (Å²) in [7, 11) is 0. The minimum Gasteiger partial charge on any atom is -0.489 e. The minimum atomic E-state index is -0.957. The maximum Gasteiger partial charge on any atom is 0.326 e. The van der Waals surface area contributed by atoms with E-state index >= 15 is 0 Å². The lowest BCUT2D eigenvalue weighted by Gasteiger charge is -2.15. The average molecular weight is 443 g/mol. The number of hydrogen-bond donors (Lipinski definition) is 2. The Kier molecular flexibility index (Phi) is 6.90. The molecule has 0 aliphatic carbocycles. The number of aliphatic carboxylic acids is 1. The lowest BCUT2D eigenvalue weighted by molar-refractivity contribution is -0.137. The van der Waals surface area contributed by atoms with E-state index < -0.39 is 12.0 Å². The van der Waals surface area contributed by atoms with E-state index in [2.05, 4.69) is 15.3 Å². The van der Waals surface area contributed by atoms with Gasteiger partial charge in [0.25, 0.3) is 0 Å². The quantitative estimate of drug-likeness (QED) is 0.380. The summed E-state index contributed by atoms with van der Waals surface area (Å²) in [6.45, 7) is 0.333. The van der Waals surface area contributed by atoms with Gasteiger partial charge in [-0.2, -0.15) is 0 Å². The fourth-order valence-corrected chi connectivity index (χ4v) is 3.29. The third-order valence-electron chi connectivity index (χ3n) is 5.04. The molecule has 2 N–H and O–H groups in total. The first kappa shape index (κ1) is 22.0. The van der Waals surface area contributed by atoms with Gasteiger partial charge in [-0.1, -0.05) is 42.5 Å². The SMILES string of the molecule is O=C(O)C(Cc1ccccc1)Nc1cc(-c2ccc(OCc3ccc(F)cc3)cc2)ncn1. The average Bonchev–Trinajstić information content (AvgIpc) is 2.84. The second kappa shape index (κ2) is 10.4. The molecule has 0 radical (unpaired) electrons. The van der Waals surface area contributed by atoms with Crippen LogP contribution in [0.25, 0.3) is 11.3 Å². The summed E-state index contributed by atoms with van der Waals surface area (Å²) in [5.74, 6) is -0.137. The number of carbonyl (C=O) groups is 1. The molecule has 166 valence electrons. The summed E-state index contributed by atoms with van der Waals surface area (Å²) in [6, 6.07) is 23.9. The molecule has 1 aromatic heterocycles. The second-order valence-electron chi connectivity index (χ2n) is 7.45. The van der Waals surface area contributed by atoms with Gasteiger partial charge in [0.1, 0.15) is 36.4 Å². The highest BCUT2D eigenvalue weighted by molar-refractivity contribution is 5.77. The Hall–Kier alpha value is -4.26. The van der Waals surface area contributed by atoms with Crippen LogP contribution >= 0.6 is 0 Å². The van der Waals surface area contributed by atoms with E-state index in [0.717, 1.165) is 16.7 Å². The summed E-state index contributed by atoms with van der Waals surface area (Å²) in [5.41, 5.74) is 3.28. The summed E-state index contributed by atoms with van der Waals surface area (Å²) >= 11 is 0. The van der Waals surface area contributed by atoms with Crippen LogP contribution in [0.4, 0.5) is 10.2 Å². The fraction of sp³-hybridized carbons (Fsp3) is 0.115. The van der Waals surface area contributed by atoms with Crippen LogP contribution in [0, 0.1) is 5.82 Å². The highest BCUT2D eigenvalue weighted by atomic mass is 19.1. The molecule has 1 atom stereocenters. The van der Waals surface area contributed by atoms with Gasteiger partial charge in [0.05, 0.1) is 5.69 Å². The highest BCUT2D eigenvalue weighted by Crippen LogP contribution is 2.23. The maximum atomic E-state index is 13.0. The van der Waals surface area contributed by atoms with Crippen molar-refractivity contribution in [1.29, 1.82) is 0 Å². The molecule has 0 saturated heterocycles. The van der Waals surface area contributed by atoms with Crippen LogP contribution in [0.15, 0.2) is 91.3 Å². The first-order valence-electron chi connectivity index (χ1n) is 10.4. The van der Waals surface area contributed by atoms with E-state index in [1.54, 1.807) is 18.2 Å². The van der Waals surface area contributed by atoms with Crippen LogP contribution in [0.1, 0.15) is 11.1 Å². The minimum absolute atomic E-state index is 0.281. The molecule has 4 aromatic rings. The largest absolute Gasteiger partial charge is 0.489 e. The molecule has 0 spiro atoms. The Morgan fingerprint density at radius 2 is 1.67 bits per heavy atom. The van der Waals surface area contributed by atoms with Gasteiger partial charge >= 0.3 is 5.97 Å². The van der Waals surface area contributed by atoms with Crippen LogP contribution in [0.2, 0.25) is 0 Å². The Bertz CT molecular complexity index is 1200. The zero-order chi connectivity index (χ0) is 23.0. The van der Waals surface area contributed by atoms with Crippen molar-refractivity contribution in [3.8, 4) is 17.0 Å². The molecule has 4 rings (SSSR count). The summed E-state index contributed by atoms with van der Waals surface area (Å²) in [4.78, 5) is 20.2. The monoisotopic (exact) mass is 443 g/mol. The number of benzene rings is 3. The molecular weight excluding hydrogens is 421 g/mol. The normalized spacial score (nSPS) is 11.5. The van der Waals surface area contributed by atoms with Gasteiger partial charge in [-0.15, -0.1) is 0 Å². The lowest BCUT2D eigenvalue weighted by atomic mass is 10.1. The summed E-state index contributed by atoms with van der Waals surface area (Å²) < 4.78 is 18.8. The van der Waals surface area contributed by atoms with E-state index in [1.165, 1.54) is 18.5 Å². The molecular formula is C26H22FN3O3. The van der Waals surface area contributed by atoms with Crippen molar-refractivity contribution >= 4 is 11.8 Å². The number of aromatic nitrogens is 2. The first-order valence-corrected chi connectivity index (χ1v) is 10.4. The summed E-state index contributed by atoms with van der Waals surface area (Å²) in [6.07, 6.45) is 1.73. The number of halogens is 1. The topological polar surface area (TPSA) is 84.3 Å². The third kappa shape index (κ3) is 6.13.